The third-order valence-electron chi connectivity index (χ3n) is 3.62. The van der Waals surface area contributed by atoms with Gasteiger partial charge in [0, 0.05) is 5.56 Å². The molecule has 0 aliphatic carbocycles. The first kappa shape index (κ1) is 17.2. The second-order valence-electron chi connectivity index (χ2n) is 5.57. The summed E-state index contributed by atoms with van der Waals surface area (Å²) in [5.41, 5.74) is 2.27. The number of rotatable bonds is 6. The number of azo groups is 1. The summed E-state index contributed by atoms with van der Waals surface area (Å²) in [5.74, 6) is -0.618. The van der Waals surface area contributed by atoms with Gasteiger partial charge in [-0.2, -0.15) is 5.11 Å². The second kappa shape index (κ2) is 8.48. The van der Waals surface area contributed by atoms with E-state index in [0.717, 1.165) is 0 Å². The van der Waals surface area contributed by atoms with Gasteiger partial charge in [0.15, 0.2) is 5.78 Å². The summed E-state index contributed by atoms with van der Waals surface area (Å²) >= 11 is 0. The lowest BCUT2D eigenvalue weighted by atomic mass is 10.1. The molecule has 26 heavy (non-hydrogen) atoms. The van der Waals surface area contributed by atoms with E-state index in [1.807, 2.05) is 42.5 Å². The Balaban J connectivity index is 1.69. The van der Waals surface area contributed by atoms with Crippen LogP contribution in [0.5, 0.6) is 0 Å². The molecule has 3 rings (SSSR count). The summed E-state index contributed by atoms with van der Waals surface area (Å²) in [6, 6.07) is 25.1. The Kier molecular flexibility index (Phi) is 5.62. The van der Waals surface area contributed by atoms with Gasteiger partial charge in [-0.1, -0.05) is 60.7 Å². The average Bonchev–Trinajstić information content (AvgIpc) is 2.68. The van der Waals surface area contributed by atoms with Crippen molar-refractivity contribution in [2.24, 2.45) is 10.2 Å². The first-order valence-corrected chi connectivity index (χ1v) is 8.16. The maximum Gasteiger partial charge on any atom is 0.232 e. The molecule has 0 saturated heterocycles. The monoisotopic (exact) mass is 343 g/mol. The van der Waals surface area contributed by atoms with Gasteiger partial charge in [0.2, 0.25) is 5.91 Å². The molecule has 1 amide bonds. The van der Waals surface area contributed by atoms with Gasteiger partial charge in [-0.3, -0.25) is 9.59 Å². The number of benzene rings is 3. The Hall–Kier alpha value is -3.60. The highest BCUT2D eigenvalue weighted by Gasteiger charge is 2.13. The summed E-state index contributed by atoms with van der Waals surface area (Å²) in [7, 11) is 0. The predicted octanol–water partition coefficient (Wildman–Crippen LogP) is 5.31. The zero-order valence-electron chi connectivity index (χ0n) is 14.0. The van der Waals surface area contributed by atoms with E-state index < -0.39 is 0 Å². The Labute approximate surface area is 151 Å². The van der Waals surface area contributed by atoms with Crippen LogP contribution in [0.1, 0.15) is 16.8 Å². The molecule has 0 fully saturated rings. The lowest BCUT2D eigenvalue weighted by Crippen LogP contribution is -2.16. The lowest BCUT2D eigenvalue weighted by molar-refractivity contribution is -0.115. The summed E-state index contributed by atoms with van der Waals surface area (Å²) in [5, 5.41) is 11.1. The number of ketones is 1. The third-order valence-corrected chi connectivity index (χ3v) is 3.62. The van der Waals surface area contributed by atoms with Gasteiger partial charge in [0.05, 0.1) is 17.8 Å². The molecule has 3 aromatic carbocycles. The highest BCUT2D eigenvalue weighted by molar-refractivity contribution is 6.11. The maximum atomic E-state index is 12.2. The minimum atomic E-state index is -0.388. The molecule has 0 unspecified atom stereocenters. The molecular formula is C21H17N3O2. The molecule has 5 heteroatoms. The molecule has 0 aliphatic heterocycles. The maximum absolute atomic E-state index is 12.2. The van der Waals surface area contributed by atoms with Gasteiger partial charge in [-0.05, 0) is 24.3 Å². The van der Waals surface area contributed by atoms with Crippen LogP contribution in [0.3, 0.4) is 0 Å². The number of nitrogens with one attached hydrogen (secondary N) is 1. The van der Waals surface area contributed by atoms with Crippen LogP contribution in [0.4, 0.5) is 17.1 Å². The van der Waals surface area contributed by atoms with Crippen molar-refractivity contribution < 1.29 is 9.59 Å². The molecule has 128 valence electrons. The van der Waals surface area contributed by atoms with E-state index in [-0.39, 0.29) is 18.1 Å². The molecular weight excluding hydrogens is 326 g/mol. The summed E-state index contributed by atoms with van der Waals surface area (Å²) < 4.78 is 0. The van der Waals surface area contributed by atoms with Crippen LogP contribution in [0, 0.1) is 0 Å². The number of amides is 1. The van der Waals surface area contributed by atoms with Gasteiger partial charge in [-0.25, -0.2) is 0 Å². The minimum Gasteiger partial charge on any atom is -0.324 e. The molecule has 5 nitrogen and oxygen atoms in total. The number of anilines is 1. The van der Waals surface area contributed by atoms with E-state index in [9.17, 15) is 9.59 Å². The molecule has 0 aliphatic rings. The molecule has 0 spiro atoms. The Morgan fingerprint density at radius 3 is 2.08 bits per heavy atom. The van der Waals surface area contributed by atoms with Crippen molar-refractivity contribution in [3.63, 3.8) is 0 Å². The van der Waals surface area contributed by atoms with Gasteiger partial charge in [-0.15, -0.1) is 5.11 Å². The van der Waals surface area contributed by atoms with E-state index in [1.54, 1.807) is 42.5 Å². The fraction of sp³-hybridized carbons (Fsp3) is 0.0476. The zero-order valence-corrected chi connectivity index (χ0v) is 14.0. The molecule has 0 saturated carbocycles. The van der Waals surface area contributed by atoms with Crippen LogP contribution in [0.2, 0.25) is 0 Å². The molecule has 0 bridgehead atoms. The third kappa shape index (κ3) is 4.70. The zero-order chi connectivity index (χ0) is 18.2. The average molecular weight is 343 g/mol. The number of hydrogen-bond acceptors (Lipinski definition) is 4. The van der Waals surface area contributed by atoms with E-state index in [1.165, 1.54) is 0 Å². The first-order chi connectivity index (χ1) is 12.7. The Morgan fingerprint density at radius 2 is 1.35 bits per heavy atom. The predicted molar refractivity (Wildman–Crippen MR) is 101 cm³/mol. The number of carbonyl (C=O) groups excluding carboxylic acids is 2. The van der Waals surface area contributed by atoms with Gasteiger partial charge in [0.25, 0.3) is 0 Å². The molecule has 0 heterocycles. The Bertz CT molecular complexity index is 922. The van der Waals surface area contributed by atoms with E-state index >= 15 is 0 Å². The van der Waals surface area contributed by atoms with Gasteiger partial charge < -0.3 is 5.32 Å². The highest BCUT2D eigenvalue weighted by atomic mass is 16.2. The number of hydrogen-bond donors (Lipinski definition) is 1. The SMILES string of the molecule is O=C(CC(=O)c1ccccc1)Nc1ccccc1N=Nc1ccccc1. The number of Topliss-reactive ketones (excluding diaryl/α,β-unsaturated/α-hetero) is 1. The number of nitrogens with zero attached hydrogens (tertiary/aromatic N) is 2. The topological polar surface area (TPSA) is 70.9 Å². The number of carbonyl (C=O) groups is 2. The molecule has 3 aromatic rings. The van der Waals surface area contributed by atoms with Crippen molar-refractivity contribution in [2.45, 2.75) is 6.42 Å². The molecule has 0 aromatic heterocycles. The van der Waals surface area contributed by atoms with Crippen LogP contribution < -0.4 is 5.32 Å². The molecule has 1 N–H and O–H groups in total. The van der Waals surface area contributed by atoms with Crippen molar-refractivity contribution in [3.05, 3.63) is 90.5 Å². The van der Waals surface area contributed by atoms with Crippen molar-refractivity contribution >= 4 is 28.8 Å². The minimum absolute atomic E-state index is 0.228. The molecule has 0 radical (unpaired) electrons. The van der Waals surface area contributed by atoms with Gasteiger partial charge >= 0.3 is 0 Å². The van der Waals surface area contributed by atoms with Crippen molar-refractivity contribution in [1.82, 2.24) is 0 Å². The second-order valence-corrected chi connectivity index (χ2v) is 5.57. The van der Waals surface area contributed by atoms with E-state index in [4.69, 9.17) is 0 Å². The normalized spacial score (nSPS) is 10.6. The first-order valence-electron chi connectivity index (χ1n) is 8.16. The van der Waals surface area contributed by atoms with Crippen molar-refractivity contribution in [1.29, 1.82) is 0 Å². The fourth-order valence-corrected chi connectivity index (χ4v) is 2.34. The van der Waals surface area contributed by atoms with Crippen LogP contribution in [-0.2, 0) is 4.79 Å². The quantitative estimate of drug-likeness (QED) is 0.374. The van der Waals surface area contributed by atoms with E-state index in [2.05, 4.69) is 15.5 Å². The van der Waals surface area contributed by atoms with Crippen LogP contribution in [0.15, 0.2) is 95.2 Å². The highest BCUT2D eigenvalue weighted by Crippen LogP contribution is 2.26. The summed E-state index contributed by atoms with van der Waals surface area (Å²) in [6.45, 7) is 0. The van der Waals surface area contributed by atoms with Gasteiger partial charge in [0.1, 0.15) is 5.69 Å². The van der Waals surface area contributed by atoms with E-state index in [0.29, 0.717) is 22.6 Å². The van der Waals surface area contributed by atoms with Crippen LogP contribution in [0.25, 0.3) is 0 Å². The van der Waals surface area contributed by atoms with Crippen molar-refractivity contribution in [2.75, 3.05) is 5.32 Å². The fourth-order valence-electron chi connectivity index (χ4n) is 2.34. The summed E-state index contributed by atoms with van der Waals surface area (Å²) in [6.07, 6.45) is -0.228. The standard InChI is InChI=1S/C21H17N3O2/c25-20(16-9-3-1-4-10-16)15-21(26)22-18-13-7-8-14-19(18)24-23-17-11-5-2-6-12-17/h1-14H,15H2,(H,22,26). The van der Waals surface area contributed by atoms with Crippen molar-refractivity contribution in [3.8, 4) is 0 Å². The lowest BCUT2D eigenvalue weighted by Gasteiger charge is -2.07. The smallest absolute Gasteiger partial charge is 0.232 e. The Morgan fingerprint density at radius 1 is 0.731 bits per heavy atom. The summed E-state index contributed by atoms with van der Waals surface area (Å²) in [4.78, 5) is 24.4. The van der Waals surface area contributed by atoms with Crippen LogP contribution in [-0.4, -0.2) is 11.7 Å². The molecule has 0 atom stereocenters. The largest absolute Gasteiger partial charge is 0.324 e. The van der Waals surface area contributed by atoms with Crippen LogP contribution >= 0.6 is 0 Å². The number of para-hydroxylation sites is 1.